The Balaban J connectivity index is 1.55. The molecule has 0 bridgehead atoms. The molecular formula is C20H26N4O3S. The maximum absolute atomic E-state index is 12.9. The summed E-state index contributed by atoms with van der Waals surface area (Å²) < 4.78 is 27.2. The number of benzene rings is 1. The van der Waals surface area contributed by atoms with Crippen LogP contribution in [0.1, 0.15) is 30.9 Å². The highest BCUT2D eigenvalue weighted by molar-refractivity contribution is 7.89. The van der Waals surface area contributed by atoms with Gasteiger partial charge >= 0.3 is 6.03 Å². The molecule has 0 saturated carbocycles. The monoisotopic (exact) mass is 402 g/mol. The predicted molar refractivity (Wildman–Crippen MR) is 107 cm³/mol. The van der Waals surface area contributed by atoms with Crippen LogP contribution >= 0.6 is 0 Å². The van der Waals surface area contributed by atoms with Crippen LogP contribution in [-0.4, -0.2) is 54.8 Å². The summed E-state index contributed by atoms with van der Waals surface area (Å²) in [4.78, 5) is 18.3. The maximum atomic E-state index is 12.9. The maximum Gasteiger partial charge on any atom is 0.317 e. The second-order valence-electron chi connectivity index (χ2n) is 7.13. The lowest BCUT2D eigenvalue weighted by atomic mass is 10.0. The third kappa shape index (κ3) is 4.69. The minimum Gasteiger partial charge on any atom is -0.334 e. The molecule has 2 heterocycles. The lowest BCUT2D eigenvalue weighted by molar-refractivity contribution is 0.172. The molecule has 0 atom stereocenters. The molecule has 1 N–H and O–H groups in total. The van der Waals surface area contributed by atoms with E-state index in [0.29, 0.717) is 30.4 Å². The van der Waals surface area contributed by atoms with Gasteiger partial charge in [-0.2, -0.15) is 4.31 Å². The molecule has 1 aromatic carbocycles. The minimum absolute atomic E-state index is 0.192. The van der Waals surface area contributed by atoms with Crippen LogP contribution in [0.4, 0.5) is 4.79 Å². The van der Waals surface area contributed by atoms with Gasteiger partial charge in [-0.3, -0.25) is 4.98 Å². The summed E-state index contributed by atoms with van der Waals surface area (Å²) in [6, 6.07) is 10.6. The molecule has 1 aromatic heterocycles. The van der Waals surface area contributed by atoms with Crippen molar-refractivity contribution in [1.82, 2.24) is 19.5 Å². The molecule has 150 valence electrons. The minimum atomic E-state index is -3.54. The first-order valence-corrected chi connectivity index (χ1v) is 10.8. The van der Waals surface area contributed by atoms with Crippen LogP contribution in [0.5, 0.6) is 0 Å². The van der Waals surface area contributed by atoms with E-state index in [1.54, 1.807) is 29.4 Å². The zero-order valence-electron chi connectivity index (χ0n) is 16.2. The number of amides is 2. The molecule has 1 saturated heterocycles. The average molecular weight is 403 g/mol. The molecule has 0 unspecified atom stereocenters. The Morgan fingerprint density at radius 3 is 2.36 bits per heavy atom. The Morgan fingerprint density at radius 2 is 1.79 bits per heavy atom. The van der Waals surface area contributed by atoms with Gasteiger partial charge in [-0.1, -0.05) is 32.0 Å². The third-order valence-electron chi connectivity index (χ3n) is 4.88. The van der Waals surface area contributed by atoms with Gasteiger partial charge < -0.3 is 10.2 Å². The fourth-order valence-corrected chi connectivity index (χ4v) is 4.52. The van der Waals surface area contributed by atoms with Crippen molar-refractivity contribution < 1.29 is 13.2 Å². The number of piperazine rings is 1. The van der Waals surface area contributed by atoms with E-state index in [1.807, 2.05) is 24.3 Å². The van der Waals surface area contributed by atoms with Gasteiger partial charge in [0.2, 0.25) is 10.0 Å². The first kappa shape index (κ1) is 20.3. The van der Waals surface area contributed by atoms with Crippen LogP contribution in [0.25, 0.3) is 0 Å². The number of urea groups is 1. The van der Waals surface area contributed by atoms with E-state index in [-0.39, 0.29) is 19.1 Å². The SMILES string of the molecule is CC(C)c1ccc(S(=O)(=O)N2CCN(C(=O)NCc3cccnc3)CC2)cc1. The van der Waals surface area contributed by atoms with Gasteiger partial charge in [0.25, 0.3) is 0 Å². The van der Waals surface area contributed by atoms with Gasteiger partial charge in [-0.25, -0.2) is 13.2 Å². The molecule has 2 aromatic rings. The smallest absolute Gasteiger partial charge is 0.317 e. The summed E-state index contributed by atoms with van der Waals surface area (Å²) in [5, 5.41) is 2.85. The number of nitrogens with one attached hydrogen (secondary N) is 1. The van der Waals surface area contributed by atoms with Crippen LogP contribution < -0.4 is 5.32 Å². The van der Waals surface area contributed by atoms with E-state index >= 15 is 0 Å². The Kier molecular flexibility index (Phi) is 6.31. The molecular weight excluding hydrogens is 376 g/mol. The van der Waals surface area contributed by atoms with Gasteiger partial charge in [0.15, 0.2) is 0 Å². The molecule has 1 fully saturated rings. The van der Waals surface area contributed by atoms with Crippen molar-refractivity contribution in [2.45, 2.75) is 31.2 Å². The van der Waals surface area contributed by atoms with Crippen LogP contribution in [0.15, 0.2) is 53.7 Å². The Labute approximate surface area is 166 Å². The number of carbonyl (C=O) groups is 1. The van der Waals surface area contributed by atoms with Crippen LogP contribution in [-0.2, 0) is 16.6 Å². The summed E-state index contributed by atoms with van der Waals surface area (Å²) in [5.74, 6) is 0.352. The van der Waals surface area contributed by atoms with Crippen molar-refractivity contribution in [2.24, 2.45) is 0 Å². The van der Waals surface area contributed by atoms with Gasteiger partial charge in [0.1, 0.15) is 0 Å². The number of sulfonamides is 1. The van der Waals surface area contributed by atoms with Crippen molar-refractivity contribution in [3.8, 4) is 0 Å². The van der Waals surface area contributed by atoms with Crippen molar-refractivity contribution in [3.05, 3.63) is 59.9 Å². The van der Waals surface area contributed by atoms with E-state index in [9.17, 15) is 13.2 Å². The second-order valence-corrected chi connectivity index (χ2v) is 9.07. The van der Waals surface area contributed by atoms with Crippen molar-refractivity contribution in [3.63, 3.8) is 0 Å². The molecule has 7 nitrogen and oxygen atoms in total. The molecule has 0 aliphatic carbocycles. The molecule has 0 radical (unpaired) electrons. The average Bonchev–Trinajstić information content (AvgIpc) is 2.73. The van der Waals surface area contributed by atoms with Gasteiger partial charge in [-0.05, 0) is 35.2 Å². The highest BCUT2D eigenvalue weighted by Crippen LogP contribution is 2.21. The third-order valence-corrected chi connectivity index (χ3v) is 6.79. The standard InChI is InChI=1S/C20H26N4O3S/c1-16(2)18-5-7-19(8-6-18)28(26,27)24-12-10-23(11-13-24)20(25)22-15-17-4-3-9-21-14-17/h3-9,14,16H,10-13,15H2,1-2H3,(H,22,25). The quantitative estimate of drug-likeness (QED) is 0.833. The largest absolute Gasteiger partial charge is 0.334 e. The highest BCUT2D eigenvalue weighted by atomic mass is 32.2. The Morgan fingerprint density at radius 1 is 1.11 bits per heavy atom. The molecule has 0 spiro atoms. The number of hydrogen-bond acceptors (Lipinski definition) is 4. The molecule has 1 aliphatic heterocycles. The summed E-state index contributed by atoms with van der Waals surface area (Å²) >= 11 is 0. The lowest BCUT2D eigenvalue weighted by Gasteiger charge is -2.34. The molecule has 2 amide bonds. The Bertz CT molecular complexity index is 891. The summed E-state index contributed by atoms with van der Waals surface area (Å²) in [6.45, 7) is 5.84. The van der Waals surface area contributed by atoms with Gasteiger partial charge in [0.05, 0.1) is 4.90 Å². The summed E-state index contributed by atoms with van der Waals surface area (Å²) in [5.41, 5.74) is 2.02. The molecule has 28 heavy (non-hydrogen) atoms. The first-order chi connectivity index (χ1) is 13.4. The predicted octanol–water partition coefficient (Wildman–Crippen LogP) is 2.42. The number of aromatic nitrogens is 1. The van der Waals surface area contributed by atoms with Crippen molar-refractivity contribution in [1.29, 1.82) is 0 Å². The van der Waals surface area contributed by atoms with E-state index in [4.69, 9.17) is 0 Å². The van der Waals surface area contributed by atoms with E-state index in [0.717, 1.165) is 11.1 Å². The van der Waals surface area contributed by atoms with Crippen LogP contribution in [0.3, 0.4) is 0 Å². The Hall–Kier alpha value is -2.45. The molecule has 3 rings (SSSR count). The van der Waals surface area contributed by atoms with Gasteiger partial charge in [-0.15, -0.1) is 0 Å². The normalized spacial score (nSPS) is 15.6. The number of hydrogen-bond donors (Lipinski definition) is 1. The van der Waals surface area contributed by atoms with E-state index < -0.39 is 10.0 Å². The first-order valence-electron chi connectivity index (χ1n) is 9.39. The topological polar surface area (TPSA) is 82.6 Å². The highest BCUT2D eigenvalue weighted by Gasteiger charge is 2.30. The summed E-state index contributed by atoms with van der Waals surface area (Å²) in [7, 11) is -3.54. The number of carbonyl (C=O) groups excluding carboxylic acids is 1. The zero-order valence-corrected chi connectivity index (χ0v) is 17.0. The number of pyridine rings is 1. The van der Waals surface area contributed by atoms with E-state index in [1.165, 1.54) is 4.31 Å². The van der Waals surface area contributed by atoms with Crippen molar-refractivity contribution in [2.75, 3.05) is 26.2 Å². The summed E-state index contributed by atoms with van der Waals surface area (Å²) in [6.07, 6.45) is 3.39. The molecule has 1 aliphatic rings. The number of nitrogens with zero attached hydrogens (tertiary/aromatic N) is 3. The van der Waals surface area contributed by atoms with Crippen molar-refractivity contribution >= 4 is 16.1 Å². The lowest BCUT2D eigenvalue weighted by Crippen LogP contribution is -2.52. The fraction of sp³-hybridized carbons (Fsp3) is 0.400. The van der Waals surface area contributed by atoms with Crippen LogP contribution in [0.2, 0.25) is 0 Å². The second kappa shape index (κ2) is 8.70. The fourth-order valence-electron chi connectivity index (χ4n) is 3.10. The van der Waals surface area contributed by atoms with E-state index in [2.05, 4.69) is 24.1 Å². The van der Waals surface area contributed by atoms with Gasteiger partial charge in [0, 0.05) is 45.1 Å². The molecule has 8 heteroatoms. The zero-order chi connectivity index (χ0) is 20.1. The van der Waals surface area contributed by atoms with Crippen LogP contribution in [0, 0.1) is 0 Å². The number of rotatable bonds is 5.